The summed E-state index contributed by atoms with van der Waals surface area (Å²) in [6, 6.07) is 17.7. The quantitative estimate of drug-likeness (QED) is 0.573. The molecule has 0 unspecified atom stereocenters. The van der Waals surface area contributed by atoms with Crippen LogP contribution in [0.25, 0.3) is 0 Å². The molecule has 1 aliphatic rings. The van der Waals surface area contributed by atoms with Gasteiger partial charge in [0.05, 0.1) is 5.02 Å². The van der Waals surface area contributed by atoms with Crippen LogP contribution in [-0.4, -0.2) is 35.6 Å². The van der Waals surface area contributed by atoms with Gasteiger partial charge in [-0.1, -0.05) is 54.1 Å². The van der Waals surface area contributed by atoms with Gasteiger partial charge in [-0.15, -0.1) is 0 Å². The summed E-state index contributed by atoms with van der Waals surface area (Å²) in [5.41, 5.74) is 2.65. The van der Waals surface area contributed by atoms with Gasteiger partial charge >= 0.3 is 0 Å². The summed E-state index contributed by atoms with van der Waals surface area (Å²) < 4.78 is 0. The molecule has 0 aliphatic carbocycles. The highest BCUT2D eigenvalue weighted by molar-refractivity contribution is 6.30. The van der Waals surface area contributed by atoms with E-state index in [4.69, 9.17) is 11.6 Å². The number of rotatable bonds is 6. The van der Waals surface area contributed by atoms with Crippen molar-refractivity contribution in [1.82, 2.24) is 10.3 Å². The minimum atomic E-state index is -0.324. The van der Waals surface area contributed by atoms with E-state index in [2.05, 4.69) is 20.6 Å². The number of nitrogens with zero attached hydrogens (tertiary/aromatic N) is 2. The zero-order valence-corrected chi connectivity index (χ0v) is 17.5. The lowest BCUT2D eigenvalue weighted by atomic mass is 9.97. The van der Waals surface area contributed by atoms with E-state index in [-0.39, 0.29) is 18.1 Å². The third kappa shape index (κ3) is 5.16. The number of amidine groups is 1. The van der Waals surface area contributed by atoms with E-state index in [1.165, 1.54) is 6.20 Å². The summed E-state index contributed by atoms with van der Waals surface area (Å²) in [5.74, 6) is 0.873. The summed E-state index contributed by atoms with van der Waals surface area (Å²) >= 11 is 5.84. The monoisotopic (exact) mass is 432 g/mol. The van der Waals surface area contributed by atoms with E-state index in [9.17, 15) is 9.59 Å². The predicted octanol–water partition coefficient (Wildman–Crippen LogP) is 4.15. The van der Waals surface area contributed by atoms with Crippen LogP contribution < -0.4 is 10.6 Å². The van der Waals surface area contributed by atoms with Gasteiger partial charge in [-0.25, -0.2) is 4.98 Å². The molecule has 3 aromatic rings. The highest BCUT2D eigenvalue weighted by Gasteiger charge is 2.16. The molecule has 0 saturated carbocycles. The summed E-state index contributed by atoms with van der Waals surface area (Å²) in [6.07, 6.45) is 2.61. The number of aromatic nitrogens is 1. The number of hydrogen-bond acceptors (Lipinski definition) is 5. The Morgan fingerprint density at radius 3 is 2.55 bits per heavy atom. The van der Waals surface area contributed by atoms with E-state index in [0.717, 1.165) is 30.9 Å². The summed E-state index contributed by atoms with van der Waals surface area (Å²) in [5, 5.41) is 6.50. The second-order valence-electron chi connectivity index (χ2n) is 7.16. The van der Waals surface area contributed by atoms with E-state index < -0.39 is 0 Å². The molecule has 0 radical (unpaired) electrons. The first kappa shape index (κ1) is 20.8. The van der Waals surface area contributed by atoms with Gasteiger partial charge in [0.25, 0.3) is 5.91 Å². The molecule has 2 heterocycles. The number of aliphatic imine (C=N–C) groups is 1. The predicted molar refractivity (Wildman–Crippen MR) is 122 cm³/mol. The van der Waals surface area contributed by atoms with Crippen LogP contribution in [0.15, 0.2) is 71.9 Å². The first-order valence-corrected chi connectivity index (χ1v) is 10.4. The molecule has 0 saturated heterocycles. The van der Waals surface area contributed by atoms with Gasteiger partial charge in [0, 0.05) is 42.4 Å². The van der Waals surface area contributed by atoms with E-state index in [1.54, 1.807) is 42.5 Å². The van der Waals surface area contributed by atoms with Crippen molar-refractivity contribution in [3.63, 3.8) is 0 Å². The molecule has 1 amide bonds. The molecule has 0 bridgehead atoms. The molecule has 7 heteroatoms. The fourth-order valence-corrected chi connectivity index (χ4v) is 3.46. The number of benzene rings is 2. The van der Waals surface area contributed by atoms with E-state index in [1.807, 2.05) is 18.2 Å². The van der Waals surface area contributed by atoms with Crippen molar-refractivity contribution in [3.8, 4) is 0 Å². The maximum absolute atomic E-state index is 12.9. The van der Waals surface area contributed by atoms with Gasteiger partial charge in [-0.2, -0.15) is 0 Å². The number of carbonyl (C=O) groups is 2. The first-order chi connectivity index (χ1) is 15.1. The SMILES string of the molecule is O=C(Cc1ccccc1C(=O)Nc1ccc(Cl)cn1)c1ccc(C2=NCCCN2)cc1. The van der Waals surface area contributed by atoms with Crippen molar-refractivity contribution in [2.45, 2.75) is 12.8 Å². The average molecular weight is 433 g/mol. The third-order valence-corrected chi connectivity index (χ3v) is 5.18. The molecule has 0 spiro atoms. The Balaban J connectivity index is 1.48. The van der Waals surface area contributed by atoms with Crippen LogP contribution in [0, 0.1) is 0 Å². The van der Waals surface area contributed by atoms with Crippen molar-refractivity contribution in [2.75, 3.05) is 18.4 Å². The molecule has 2 aromatic carbocycles. The fraction of sp³-hybridized carbons (Fsp3) is 0.167. The second-order valence-corrected chi connectivity index (χ2v) is 7.60. The van der Waals surface area contributed by atoms with Crippen LogP contribution >= 0.6 is 11.6 Å². The maximum atomic E-state index is 12.9. The molecule has 156 valence electrons. The van der Waals surface area contributed by atoms with Crippen LogP contribution in [0.1, 0.15) is 38.3 Å². The van der Waals surface area contributed by atoms with Crippen LogP contribution in [0.3, 0.4) is 0 Å². The maximum Gasteiger partial charge on any atom is 0.257 e. The smallest absolute Gasteiger partial charge is 0.257 e. The number of Topliss-reactive ketones (excluding diaryl/α,β-unsaturated/α-hetero) is 1. The summed E-state index contributed by atoms with van der Waals surface area (Å²) in [4.78, 5) is 34.2. The molecule has 6 nitrogen and oxygen atoms in total. The van der Waals surface area contributed by atoms with Crippen molar-refractivity contribution in [2.24, 2.45) is 4.99 Å². The molecule has 4 rings (SSSR count). The Morgan fingerprint density at radius 2 is 1.84 bits per heavy atom. The molecule has 0 atom stereocenters. The van der Waals surface area contributed by atoms with Crippen molar-refractivity contribution >= 4 is 34.9 Å². The van der Waals surface area contributed by atoms with E-state index in [0.29, 0.717) is 27.5 Å². The first-order valence-electron chi connectivity index (χ1n) is 10.0. The lowest BCUT2D eigenvalue weighted by molar-refractivity contribution is 0.0992. The molecule has 0 fully saturated rings. The second kappa shape index (κ2) is 9.53. The Labute approximate surface area is 185 Å². The highest BCUT2D eigenvalue weighted by Crippen LogP contribution is 2.17. The van der Waals surface area contributed by atoms with Crippen LogP contribution in [0.2, 0.25) is 5.02 Å². The Morgan fingerprint density at radius 1 is 1.03 bits per heavy atom. The summed E-state index contributed by atoms with van der Waals surface area (Å²) in [7, 11) is 0. The lowest BCUT2D eigenvalue weighted by Gasteiger charge is -2.15. The molecular weight excluding hydrogens is 412 g/mol. The van der Waals surface area contributed by atoms with E-state index >= 15 is 0 Å². The molecule has 2 N–H and O–H groups in total. The largest absolute Gasteiger partial charge is 0.370 e. The van der Waals surface area contributed by atoms with Gasteiger partial charge in [0.2, 0.25) is 0 Å². The lowest BCUT2D eigenvalue weighted by Crippen LogP contribution is -2.30. The number of hydrogen-bond donors (Lipinski definition) is 2. The topological polar surface area (TPSA) is 83.5 Å². The van der Waals surface area contributed by atoms with Gasteiger partial charge in [-0.3, -0.25) is 14.6 Å². The van der Waals surface area contributed by atoms with Crippen LogP contribution in [-0.2, 0) is 6.42 Å². The zero-order chi connectivity index (χ0) is 21.6. The van der Waals surface area contributed by atoms with Crippen molar-refractivity contribution < 1.29 is 9.59 Å². The number of carbonyl (C=O) groups excluding carboxylic acids is 2. The average Bonchev–Trinajstić information content (AvgIpc) is 2.81. The molecule has 1 aliphatic heterocycles. The van der Waals surface area contributed by atoms with Crippen molar-refractivity contribution in [3.05, 3.63) is 94.1 Å². The number of anilines is 1. The van der Waals surface area contributed by atoms with Crippen LogP contribution in [0.4, 0.5) is 5.82 Å². The Bertz CT molecular complexity index is 1130. The normalized spacial score (nSPS) is 13.1. The van der Waals surface area contributed by atoms with Crippen LogP contribution in [0.5, 0.6) is 0 Å². The minimum absolute atomic E-state index is 0.0602. The fourth-order valence-electron chi connectivity index (χ4n) is 3.34. The zero-order valence-electron chi connectivity index (χ0n) is 16.8. The van der Waals surface area contributed by atoms with Gasteiger partial charge in [0.1, 0.15) is 11.7 Å². The minimum Gasteiger partial charge on any atom is -0.370 e. The Hall–Kier alpha value is -3.51. The number of pyridine rings is 1. The number of nitrogens with one attached hydrogen (secondary N) is 2. The highest BCUT2D eigenvalue weighted by atomic mass is 35.5. The molecule has 31 heavy (non-hydrogen) atoms. The Kier molecular flexibility index (Phi) is 6.38. The van der Waals surface area contributed by atoms with Gasteiger partial charge in [0.15, 0.2) is 5.78 Å². The number of ketones is 1. The number of halogens is 1. The summed E-state index contributed by atoms with van der Waals surface area (Å²) in [6.45, 7) is 1.72. The third-order valence-electron chi connectivity index (χ3n) is 4.96. The van der Waals surface area contributed by atoms with Crippen molar-refractivity contribution in [1.29, 1.82) is 0 Å². The number of amides is 1. The van der Waals surface area contributed by atoms with Gasteiger partial charge < -0.3 is 10.6 Å². The van der Waals surface area contributed by atoms with Gasteiger partial charge in [-0.05, 0) is 30.2 Å². The standard InChI is InChI=1S/C24H21ClN4O2/c25-19-10-11-22(28-15-19)29-24(31)20-5-2-1-4-18(20)14-21(30)16-6-8-17(9-7-16)23-26-12-3-13-27-23/h1-2,4-11,15H,3,12-14H2,(H,26,27)(H,28,29,31). The molecule has 1 aromatic heterocycles. The molecular formula is C24H21ClN4O2.